The van der Waals surface area contributed by atoms with Gasteiger partial charge in [0.1, 0.15) is 5.75 Å². The molecule has 1 aromatic heterocycles. The van der Waals surface area contributed by atoms with E-state index in [1.807, 2.05) is 24.3 Å². The predicted molar refractivity (Wildman–Crippen MR) is 95.0 cm³/mol. The number of esters is 1. The third-order valence-electron chi connectivity index (χ3n) is 4.10. The highest BCUT2D eigenvalue weighted by Crippen LogP contribution is 2.31. The van der Waals surface area contributed by atoms with Gasteiger partial charge in [-0.15, -0.1) is 6.58 Å². The topological polar surface area (TPSA) is 45.3 Å². The maximum absolute atomic E-state index is 11.4. The number of hydrogen-bond donors (Lipinski definition) is 1. The maximum Gasteiger partial charge on any atom is 0.308 e. The lowest BCUT2D eigenvalue weighted by Gasteiger charge is -2.25. The molecule has 4 nitrogen and oxygen atoms in total. The first-order valence-corrected chi connectivity index (χ1v) is 8.07. The molecule has 0 saturated carbocycles. The lowest BCUT2D eigenvalue weighted by molar-refractivity contribution is -0.131. The summed E-state index contributed by atoms with van der Waals surface area (Å²) in [6, 6.07) is 6.23. The molecule has 1 aromatic carbocycles. The summed E-state index contributed by atoms with van der Waals surface area (Å²) in [6.45, 7) is 13.5. The van der Waals surface area contributed by atoms with Gasteiger partial charge in [0, 0.05) is 42.7 Å². The first-order valence-electron chi connectivity index (χ1n) is 8.07. The average molecular weight is 314 g/mol. The van der Waals surface area contributed by atoms with E-state index in [4.69, 9.17) is 4.74 Å². The van der Waals surface area contributed by atoms with E-state index in [-0.39, 0.29) is 5.97 Å². The third-order valence-corrected chi connectivity index (χ3v) is 4.10. The molecule has 2 rings (SSSR count). The van der Waals surface area contributed by atoms with Gasteiger partial charge in [0.15, 0.2) is 0 Å². The fourth-order valence-corrected chi connectivity index (χ4v) is 2.95. The van der Waals surface area contributed by atoms with Crippen LogP contribution in [0.1, 0.15) is 32.0 Å². The molecule has 0 radical (unpaired) electrons. The van der Waals surface area contributed by atoms with Crippen molar-refractivity contribution in [2.24, 2.45) is 0 Å². The normalized spacial score (nSPS) is 11.4. The Morgan fingerprint density at radius 2 is 2.17 bits per heavy atom. The Hall–Kier alpha value is -2.07. The fraction of sp³-hybridized carbons (Fsp3) is 0.421. The number of benzene rings is 1. The Morgan fingerprint density at radius 3 is 2.78 bits per heavy atom. The molecule has 0 bridgehead atoms. The standard InChI is InChI=1S/C19H26N2O2/c1-6-11-21(13(2)3)12-10-16-14(4)20-17-8-7-9-18(19(16)17)23-15(5)22/h6-9,13,20H,1,10-12H2,2-5H3. The Bertz CT molecular complexity index is 701. The molecule has 0 fully saturated rings. The van der Waals surface area contributed by atoms with E-state index in [2.05, 4.69) is 37.2 Å². The van der Waals surface area contributed by atoms with Crippen molar-refractivity contribution in [2.75, 3.05) is 13.1 Å². The first-order chi connectivity index (χ1) is 10.9. The fourth-order valence-electron chi connectivity index (χ4n) is 2.95. The summed E-state index contributed by atoms with van der Waals surface area (Å²) >= 11 is 0. The Balaban J connectivity index is 2.34. The number of carbonyl (C=O) groups is 1. The molecule has 1 N–H and O–H groups in total. The van der Waals surface area contributed by atoms with Gasteiger partial charge in [0.05, 0.1) is 0 Å². The Kier molecular flexibility index (Phi) is 5.61. The van der Waals surface area contributed by atoms with Crippen molar-refractivity contribution in [3.05, 3.63) is 42.1 Å². The summed E-state index contributed by atoms with van der Waals surface area (Å²) < 4.78 is 5.39. The molecule has 1 heterocycles. The largest absolute Gasteiger partial charge is 0.426 e. The molecule has 0 saturated heterocycles. The van der Waals surface area contributed by atoms with Gasteiger partial charge < -0.3 is 9.72 Å². The molecule has 0 atom stereocenters. The van der Waals surface area contributed by atoms with E-state index in [1.54, 1.807) is 0 Å². The van der Waals surface area contributed by atoms with E-state index in [1.165, 1.54) is 12.5 Å². The number of rotatable bonds is 7. The molecule has 124 valence electrons. The molecule has 0 unspecified atom stereocenters. The number of nitrogens with one attached hydrogen (secondary N) is 1. The number of aromatic nitrogens is 1. The number of ether oxygens (including phenoxy) is 1. The molecule has 4 heteroatoms. The van der Waals surface area contributed by atoms with Crippen LogP contribution in [0.2, 0.25) is 0 Å². The van der Waals surface area contributed by atoms with Gasteiger partial charge in [-0.3, -0.25) is 9.69 Å². The highest BCUT2D eigenvalue weighted by Gasteiger charge is 2.16. The highest BCUT2D eigenvalue weighted by atomic mass is 16.5. The SMILES string of the molecule is C=CCN(CCc1c(C)[nH]c2cccc(OC(C)=O)c12)C(C)C. The second-order valence-corrected chi connectivity index (χ2v) is 6.13. The van der Waals surface area contributed by atoms with Crippen molar-refractivity contribution in [1.29, 1.82) is 0 Å². The molecule has 2 aromatic rings. The number of fused-ring (bicyclic) bond motifs is 1. The molecule has 0 aliphatic heterocycles. The zero-order chi connectivity index (χ0) is 17.0. The van der Waals surface area contributed by atoms with E-state index in [0.717, 1.165) is 36.1 Å². The number of aryl methyl sites for hydroxylation is 1. The minimum Gasteiger partial charge on any atom is -0.426 e. The quantitative estimate of drug-likeness (QED) is 0.480. The molecule has 0 aliphatic rings. The molecular formula is C19H26N2O2. The van der Waals surface area contributed by atoms with Crippen LogP contribution in [0.15, 0.2) is 30.9 Å². The van der Waals surface area contributed by atoms with E-state index in [9.17, 15) is 4.79 Å². The smallest absolute Gasteiger partial charge is 0.308 e. The van der Waals surface area contributed by atoms with E-state index in [0.29, 0.717) is 11.8 Å². The average Bonchev–Trinajstić information content (AvgIpc) is 2.79. The number of H-pyrrole nitrogens is 1. The van der Waals surface area contributed by atoms with Crippen molar-refractivity contribution in [3.63, 3.8) is 0 Å². The third kappa shape index (κ3) is 4.02. The predicted octanol–water partition coefficient (Wildman–Crippen LogP) is 3.84. The second kappa shape index (κ2) is 7.47. The summed E-state index contributed by atoms with van der Waals surface area (Å²) in [7, 11) is 0. The molecule has 23 heavy (non-hydrogen) atoms. The van der Waals surface area contributed by atoms with Crippen LogP contribution < -0.4 is 4.74 Å². The van der Waals surface area contributed by atoms with Crippen LogP contribution in [0, 0.1) is 6.92 Å². The van der Waals surface area contributed by atoms with Gasteiger partial charge in [-0.05, 0) is 44.9 Å². The van der Waals surface area contributed by atoms with Gasteiger partial charge in [-0.25, -0.2) is 0 Å². The van der Waals surface area contributed by atoms with Crippen molar-refractivity contribution >= 4 is 16.9 Å². The van der Waals surface area contributed by atoms with E-state index < -0.39 is 0 Å². The second-order valence-electron chi connectivity index (χ2n) is 6.13. The first kappa shape index (κ1) is 17.3. The van der Waals surface area contributed by atoms with Crippen LogP contribution in [0.5, 0.6) is 5.75 Å². The monoisotopic (exact) mass is 314 g/mol. The summed E-state index contributed by atoms with van der Waals surface area (Å²) in [6.07, 6.45) is 2.84. The summed E-state index contributed by atoms with van der Waals surface area (Å²) in [4.78, 5) is 17.1. The molecule has 0 amide bonds. The van der Waals surface area contributed by atoms with Crippen LogP contribution in [0.25, 0.3) is 10.9 Å². The van der Waals surface area contributed by atoms with Crippen LogP contribution in [-0.2, 0) is 11.2 Å². The lowest BCUT2D eigenvalue weighted by Crippen LogP contribution is -2.32. The van der Waals surface area contributed by atoms with Gasteiger partial charge in [0.25, 0.3) is 0 Å². The minimum absolute atomic E-state index is 0.294. The van der Waals surface area contributed by atoms with Gasteiger partial charge in [-0.1, -0.05) is 12.1 Å². The number of nitrogens with zero attached hydrogens (tertiary/aromatic N) is 1. The van der Waals surface area contributed by atoms with E-state index >= 15 is 0 Å². The zero-order valence-electron chi connectivity index (χ0n) is 14.5. The number of carbonyl (C=O) groups excluding carboxylic acids is 1. The minimum atomic E-state index is -0.294. The van der Waals surface area contributed by atoms with Crippen LogP contribution in [0.3, 0.4) is 0 Å². The summed E-state index contributed by atoms with van der Waals surface area (Å²) in [5.74, 6) is 0.340. The summed E-state index contributed by atoms with van der Waals surface area (Å²) in [5.41, 5.74) is 3.35. The van der Waals surface area contributed by atoms with Crippen molar-refractivity contribution in [3.8, 4) is 5.75 Å². The number of aromatic amines is 1. The molecule has 0 aliphatic carbocycles. The summed E-state index contributed by atoms with van der Waals surface area (Å²) in [5, 5.41) is 1.02. The van der Waals surface area contributed by atoms with Crippen LogP contribution >= 0.6 is 0 Å². The van der Waals surface area contributed by atoms with Crippen LogP contribution in [0.4, 0.5) is 0 Å². The maximum atomic E-state index is 11.4. The van der Waals surface area contributed by atoms with Gasteiger partial charge in [-0.2, -0.15) is 0 Å². The highest BCUT2D eigenvalue weighted by molar-refractivity contribution is 5.92. The van der Waals surface area contributed by atoms with Gasteiger partial charge >= 0.3 is 5.97 Å². The van der Waals surface area contributed by atoms with Crippen LogP contribution in [-0.4, -0.2) is 35.0 Å². The Labute approximate surface area is 138 Å². The number of hydrogen-bond acceptors (Lipinski definition) is 3. The van der Waals surface area contributed by atoms with Gasteiger partial charge in [0.2, 0.25) is 0 Å². The van der Waals surface area contributed by atoms with Crippen molar-refractivity contribution in [1.82, 2.24) is 9.88 Å². The van der Waals surface area contributed by atoms with Crippen molar-refractivity contribution < 1.29 is 9.53 Å². The lowest BCUT2D eigenvalue weighted by atomic mass is 10.1. The van der Waals surface area contributed by atoms with Crippen molar-refractivity contribution in [2.45, 2.75) is 40.2 Å². The molecule has 0 spiro atoms. The zero-order valence-corrected chi connectivity index (χ0v) is 14.5. The Morgan fingerprint density at radius 1 is 1.43 bits per heavy atom. The molecular weight excluding hydrogens is 288 g/mol.